The smallest absolute Gasteiger partial charge is 0.330 e. The molecule has 0 spiro atoms. The summed E-state index contributed by atoms with van der Waals surface area (Å²) in [4.78, 5) is 36.8. The molecule has 3 rings (SSSR count). The molecule has 3 aliphatic rings. The van der Waals surface area contributed by atoms with Crippen molar-refractivity contribution in [2.75, 3.05) is 0 Å². The number of carbonyl (C=O) groups excluding carboxylic acids is 3. The first-order valence-corrected chi connectivity index (χ1v) is 8.09. The molecule has 2 fully saturated rings. The van der Waals surface area contributed by atoms with Crippen LogP contribution in [0.3, 0.4) is 0 Å². The maximum atomic E-state index is 12.5. The van der Waals surface area contributed by atoms with Crippen LogP contribution in [-0.4, -0.2) is 36.9 Å². The molecule has 0 aromatic heterocycles. The van der Waals surface area contributed by atoms with Crippen molar-refractivity contribution in [2.24, 2.45) is 11.8 Å². The molecule has 22 heavy (non-hydrogen) atoms. The minimum absolute atomic E-state index is 0.206. The highest BCUT2D eigenvalue weighted by atomic mass is 35.5. The Kier molecular flexibility index (Phi) is 3.53. The van der Waals surface area contributed by atoms with Gasteiger partial charge in [0.25, 0.3) is 11.8 Å². The zero-order chi connectivity index (χ0) is 16.8. The van der Waals surface area contributed by atoms with Gasteiger partial charge >= 0.3 is 5.97 Å². The molecule has 120 valence electrons. The number of nitrogens with zero attached hydrogens (tertiary/aromatic N) is 1. The molecule has 4 atom stereocenters. The van der Waals surface area contributed by atoms with E-state index in [0.29, 0.717) is 5.06 Å². The number of imide groups is 1. The normalized spacial score (nSPS) is 42.2. The second-order valence-electron chi connectivity index (χ2n) is 5.13. The zero-order valence-electron chi connectivity index (χ0n) is 10.5. The monoisotopic (exact) mass is 425 g/mol. The summed E-state index contributed by atoms with van der Waals surface area (Å²) in [6.45, 7) is 1.03. The molecule has 2 amide bonds. The van der Waals surface area contributed by atoms with Crippen LogP contribution >= 0.6 is 69.6 Å². The number of rotatable bonds is 1. The lowest BCUT2D eigenvalue weighted by atomic mass is 9.84. The fourth-order valence-corrected chi connectivity index (χ4v) is 6.12. The van der Waals surface area contributed by atoms with Crippen molar-refractivity contribution in [3.05, 3.63) is 10.1 Å². The molecule has 5 nitrogen and oxygen atoms in total. The number of hydrogen-bond donors (Lipinski definition) is 0. The van der Waals surface area contributed by atoms with E-state index in [1.165, 1.54) is 0 Å². The van der Waals surface area contributed by atoms with E-state index >= 15 is 0 Å². The van der Waals surface area contributed by atoms with Gasteiger partial charge in [-0.3, -0.25) is 9.59 Å². The summed E-state index contributed by atoms with van der Waals surface area (Å²) in [5, 5.41) is -0.111. The van der Waals surface area contributed by atoms with E-state index in [1.54, 1.807) is 0 Å². The maximum absolute atomic E-state index is 12.5. The van der Waals surface area contributed by atoms with Crippen molar-refractivity contribution in [3.8, 4) is 0 Å². The van der Waals surface area contributed by atoms with E-state index < -0.39 is 43.7 Å². The molecule has 1 heterocycles. The summed E-state index contributed by atoms with van der Waals surface area (Å²) < 4.78 is -2.00. The largest absolute Gasteiger partial charge is 0.331 e. The molecular weight excluding hydrogens is 423 g/mol. The lowest BCUT2D eigenvalue weighted by Gasteiger charge is -2.34. The lowest BCUT2D eigenvalue weighted by molar-refractivity contribution is -0.197. The summed E-state index contributed by atoms with van der Waals surface area (Å²) in [6, 6.07) is 0. The highest BCUT2D eigenvalue weighted by Crippen LogP contribution is 2.77. The van der Waals surface area contributed by atoms with E-state index in [9.17, 15) is 14.4 Å². The van der Waals surface area contributed by atoms with E-state index in [4.69, 9.17) is 69.6 Å². The van der Waals surface area contributed by atoms with Crippen LogP contribution in [-0.2, 0) is 19.2 Å². The van der Waals surface area contributed by atoms with Crippen LogP contribution in [0.4, 0.5) is 0 Å². The fraction of sp³-hybridized carbons (Fsp3) is 0.545. The number of hydroxylamine groups is 2. The van der Waals surface area contributed by atoms with Crippen LogP contribution in [0.2, 0.25) is 0 Å². The summed E-state index contributed by atoms with van der Waals surface area (Å²) in [6.07, 6.45) is 0. The van der Waals surface area contributed by atoms with Crippen LogP contribution in [0.1, 0.15) is 6.92 Å². The molecule has 0 radical (unpaired) electrons. The Morgan fingerprint density at radius 2 is 1.36 bits per heavy atom. The Bertz CT molecular complexity index is 631. The van der Waals surface area contributed by atoms with Gasteiger partial charge in [-0.2, -0.15) is 0 Å². The molecule has 0 N–H and O–H groups in total. The Labute approximate surface area is 154 Å². The summed E-state index contributed by atoms with van der Waals surface area (Å²) in [7, 11) is 0. The number of fused-ring (bicyclic) bond motifs is 5. The molecule has 0 unspecified atom stereocenters. The van der Waals surface area contributed by atoms with Crippen molar-refractivity contribution in [1.82, 2.24) is 5.06 Å². The van der Waals surface area contributed by atoms with E-state index in [2.05, 4.69) is 4.84 Å². The van der Waals surface area contributed by atoms with E-state index in [0.717, 1.165) is 6.92 Å². The molecule has 2 bridgehead atoms. The Balaban J connectivity index is 2.21. The quantitative estimate of drug-likeness (QED) is 0.477. The van der Waals surface area contributed by atoms with Crippen LogP contribution < -0.4 is 0 Å². The van der Waals surface area contributed by atoms with Crippen LogP contribution in [0.15, 0.2) is 10.1 Å². The Hall–Kier alpha value is 0.0900. The molecule has 1 saturated carbocycles. The number of amides is 2. The summed E-state index contributed by atoms with van der Waals surface area (Å²) in [5.74, 6) is -5.28. The first-order valence-electron chi connectivity index (χ1n) is 5.82. The van der Waals surface area contributed by atoms with Gasteiger partial charge in [-0.15, -0.1) is 28.3 Å². The topological polar surface area (TPSA) is 63.7 Å². The molecule has 2 aliphatic carbocycles. The maximum Gasteiger partial charge on any atom is 0.330 e. The van der Waals surface area contributed by atoms with E-state index in [-0.39, 0.29) is 10.1 Å². The first-order chi connectivity index (χ1) is 9.94. The predicted molar refractivity (Wildman–Crippen MR) is 80.9 cm³/mol. The fourth-order valence-electron chi connectivity index (χ4n) is 3.19. The minimum atomic E-state index is -2.00. The predicted octanol–water partition coefficient (Wildman–Crippen LogP) is 2.91. The third-order valence-electron chi connectivity index (χ3n) is 4.09. The van der Waals surface area contributed by atoms with Crippen molar-refractivity contribution in [1.29, 1.82) is 0 Å². The van der Waals surface area contributed by atoms with Crippen molar-refractivity contribution in [2.45, 2.75) is 21.0 Å². The van der Waals surface area contributed by atoms with Gasteiger partial charge in [-0.1, -0.05) is 46.4 Å². The number of hydrogen-bond acceptors (Lipinski definition) is 4. The van der Waals surface area contributed by atoms with Gasteiger partial charge in [-0.05, 0) is 0 Å². The van der Waals surface area contributed by atoms with E-state index in [1.807, 2.05) is 0 Å². The lowest BCUT2D eigenvalue weighted by Crippen LogP contribution is -2.50. The Morgan fingerprint density at radius 1 is 1.00 bits per heavy atom. The highest BCUT2D eigenvalue weighted by Gasteiger charge is 2.88. The third kappa shape index (κ3) is 1.49. The summed E-state index contributed by atoms with van der Waals surface area (Å²) in [5.41, 5.74) is 0. The van der Waals surface area contributed by atoms with Crippen molar-refractivity contribution < 1.29 is 19.2 Å². The first kappa shape index (κ1) is 16.9. The summed E-state index contributed by atoms with van der Waals surface area (Å²) >= 11 is 37.5. The molecule has 1 saturated heterocycles. The SMILES string of the molecule is CC(=O)ON1C(=O)[C@@H]2[C@@H](C1=O)[C@@]1(Cl)C(Cl)=C(Cl)[C@@]2(Cl)C1(Cl)Cl. The second kappa shape index (κ2) is 4.58. The van der Waals surface area contributed by atoms with Gasteiger partial charge in [0, 0.05) is 6.92 Å². The third-order valence-corrected chi connectivity index (χ3v) is 8.35. The molecular formula is C11H5Cl6NO4. The zero-order valence-corrected chi connectivity index (χ0v) is 15.0. The van der Waals surface area contributed by atoms with Gasteiger partial charge in [0.1, 0.15) is 9.75 Å². The molecule has 0 aromatic rings. The van der Waals surface area contributed by atoms with Gasteiger partial charge in [-0.25, -0.2) is 4.79 Å². The van der Waals surface area contributed by atoms with Crippen molar-refractivity contribution in [3.63, 3.8) is 0 Å². The average Bonchev–Trinajstić information content (AvgIpc) is 2.78. The van der Waals surface area contributed by atoms with Gasteiger partial charge < -0.3 is 4.84 Å². The van der Waals surface area contributed by atoms with Gasteiger partial charge in [0.05, 0.1) is 21.9 Å². The highest BCUT2D eigenvalue weighted by molar-refractivity contribution is 6.66. The van der Waals surface area contributed by atoms with Crippen LogP contribution in [0.25, 0.3) is 0 Å². The van der Waals surface area contributed by atoms with Crippen molar-refractivity contribution >= 4 is 87.4 Å². The molecule has 1 aliphatic heterocycles. The number of alkyl halides is 4. The Morgan fingerprint density at radius 3 is 1.68 bits per heavy atom. The molecule has 11 heteroatoms. The standard InChI is InChI=1S/C11H5Cl6NO4/c1-2(19)22-18-7(20)3-4(8(18)21)10(15)6(13)5(12)9(3,14)11(10,16)17/h3-4H,1H3/t3-,4-,9+,10+/m0/s1. The number of carbonyl (C=O) groups is 3. The van der Waals surface area contributed by atoms with Gasteiger partial charge in [0.15, 0.2) is 4.33 Å². The van der Waals surface area contributed by atoms with Crippen LogP contribution in [0.5, 0.6) is 0 Å². The molecule has 0 aromatic carbocycles. The van der Waals surface area contributed by atoms with Crippen LogP contribution in [0, 0.1) is 11.8 Å². The second-order valence-corrected chi connectivity index (χ2v) is 8.41. The van der Waals surface area contributed by atoms with Gasteiger partial charge in [0.2, 0.25) is 0 Å². The number of halogens is 6. The number of allylic oxidation sites excluding steroid dienone is 2. The minimum Gasteiger partial charge on any atom is -0.331 e. The average molecular weight is 428 g/mol.